The SMILES string of the molecule is NC(C(=O)O)c1coc2ncccc12. The molecule has 2 aromatic heterocycles. The van der Waals surface area contributed by atoms with Gasteiger partial charge in [0.15, 0.2) is 0 Å². The Bertz CT molecular complexity index is 478. The number of carboxylic acid groups (broad SMARTS) is 1. The summed E-state index contributed by atoms with van der Waals surface area (Å²) in [5.41, 5.74) is 6.31. The predicted molar refractivity (Wildman–Crippen MR) is 48.6 cm³/mol. The Morgan fingerprint density at radius 2 is 2.43 bits per heavy atom. The summed E-state index contributed by atoms with van der Waals surface area (Å²) >= 11 is 0. The lowest BCUT2D eigenvalue weighted by Crippen LogP contribution is -2.20. The summed E-state index contributed by atoms with van der Waals surface area (Å²) in [5, 5.41) is 9.37. The van der Waals surface area contributed by atoms with Crippen LogP contribution in [0.3, 0.4) is 0 Å². The van der Waals surface area contributed by atoms with Gasteiger partial charge in [-0.15, -0.1) is 0 Å². The number of carboxylic acids is 1. The summed E-state index contributed by atoms with van der Waals surface area (Å²) < 4.78 is 5.07. The molecule has 72 valence electrons. The maximum absolute atomic E-state index is 10.7. The molecular weight excluding hydrogens is 184 g/mol. The first-order valence-electron chi connectivity index (χ1n) is 4.00. The van der Waals surface area contributed by atoms with Gasteiger partial charge in [-0.3, -0.25) is 4.79 Å². The van der Waals surface area contributed by atoms with Crippen LogP contribution in [-0.4, -0.2) is 16.1 Å². The number of aromatic nitrogens is 1. The summed E-state index contributed by atoms with van der Waals surface area (Å²) in [6.07, 6.45) is 2.90. The summed E-state index contributed by atoms with van der Waals surface area (Å²) in [4.78, 5) is 14.6. The fourth-order valence-electron chi connectivity index (χ4n) is 1.26. The van der Waals surface area contributed by atoms with E-state index in [2.05, 4.69) is 4.98 Å². The molecule has 1 atom stereocenters. The summed E-state index contributed by atoms with van der Waals surface area (Å²) in [7, 11) is 0. The summed E-state index contributed by atoms with van der Waals surface area (Å²) in [6.45, 7) is 0. The highest BCUT2D eigenvalue weighted by molar-refractivity contribution is 5.85. The highest BCUT2D eigenvalue weighted by Gasteiger charge is 2.19. The first kappa shape index (κ1) is 8.71. The second-order valence-corrected chi connectivity index (χ2v) is 2.86. The maximum atomic E-state index is 10.7. The van der Waals surface area contributed by atoms with Gasteiger partial charge in [0.25, 0.3) is 0 Å². The van der Waals surface area contributed by atoms with E-state index in [9.17, 15) is 4.79 Å². The molecule has 0 aliphatic rings. The number of fused-ring (bicyclic) bond motifs is 1. The van der Waals surface area contributed by atoms with Crippen LogP contribution in [0.15, 0.2) is 29.0 Å². The van der Waals surface area contributed by atoms with Crippen LogP contribution in [0, 0.1) is 0 Å². The lowest BCUT2D eigenvalue weighted by Gasteiger charge is -2.02. The minimum atomic E-state index is -1.09. The van der Waals surface area contributed by atoms with Crippen molar-refractivity contribution in [3.8, 4) is 0 Å². The number of nitrogens with two attached hydrogens (primary N) is 1. The fourth-order valence-corrected chi connectivity index (χ4v) is 1.26. The van der Waals surface area contributed by atoms with Crippen LogP contribution in [0.2, 0.25) is 0 Å². The number of furan rings is 1. The van der Waals surface area contributed by atoms with Gasteiger partial charge >= 0.3 is 5.97 Å². The molecule has 0 aromatic carbocycles. The molecule has 0 bridgehead atoms. The lowest BCUT2D eigenvalue weighted by atomic mass is 10.1. The van der Waals surface area contributed by atoms with Gasteiger partial charge < -0.3 is 15.3 Å². The van der Waals surface area contributed by atoms with Gasteiger partial charge in [-0.2, -0.15) is 0 Å². The number of carbonyl (C=O) groups is 1. The van der Waals surface area contributed by atoms with Crippen LogP contribution in [0.4, 0.5) is 0 Å². The number of hydrogen-bond acceptors (Lipinski definition) is 4. The molecule has 3 N–H and O–H groups in total. The average Bonchev–Trinajstić information content (AvgIpc) is 2.60. The third kappa shape index (κ3) is 1.23. The zero-order chi connectivity index (χ0) is 10.1. The number of hydrogen-bond donors (Lipinski definition) is 2. The van der Waals surface area contributed by atoms with Crippen molar-refractivity contribution < 1.29 is 14.3 Å². The second-order valence-electron chi connectivity index (χ2n) is 2.86. The van der Waals surface area contributed by atoms with Gasteiger partial charge in [0.2, 0.25) is 5.71 Å². The van der Waals surface area contributed by atoms with E-state index in [0.29, 0.717) is 16.7 Å². The minimum Gasteiger partial charge on any atom is -0.480 e. The van der Waals surface area contributed by atoms with Crippen molar-refractivity contribution in [3.05, 3.63) is 30.2 Å². The van der Waals surface area contributed by atoms with Crippen LogP contribution in [0.25, 0.3) is 11.1 Å². The van der Waals surface area contributed by atoms with Gasteiger partial charge in [-0.1, -0.05) is 0 Å². The minimum absolute atomic E-state index is 0.402. The Morgan fingerprint density at radius 1 is 1.64 bits per heavy atom. The molecule has 5 nitrogen and oxygen atoms in total. The third-order valence-electron chi connectivity index (χ3n) is 1.98. The van der Waals surface area contributed by atoms with Crippen molar-refractivity contribution in [2.45, 2.75) is 6.04 Å². The zero-order valence-corrected chi connectivity index (χ0v) is 7.18. The number of rotatable bonds is 2. The fraction of sp³-hybridized carbons (Fsp3) is 0.111. The topological polar surface area (TPSA) is 89.4 Å². The van der Waals surface area contributed by atoms with Crippen molar-refractivity contribution >= 4 is 17.1 Å². The number of nitrogens with zero attached hydrogens (tertiary/aromatic N) is 1. The molecule has 0 saturated carbocycles. The van der Waals surface area contributed by atoms with E-state index >= 15 is 0 Å². The molecule has 0 radical (unpaired) electrons. The molecular formula is C9H8N2O3. The lowest BCUT2D eigenvalue weighted by molar-refractivity contribution is -0.138. The standard InChI is InChI=1S/C9H8N2O3/c10-7(9(12)13)6-4-14-8-5(6)2-1-3-11-8/h1-4,7H,10H2,(H,12,13). The quantitative estimate of drug-likeness (QED) is 0.738. The molecule has 0 aliphatic carbocycles. The Kier molecular flexibility index (Phi) is 1.94. The van der Waals surface area contributed by atoms with Gasteiger partial charge in [0.05, 0.1) is 6.26 Å². The van der Waals surface area contributed by atoms with E-state index in [1.54, 1.807) is 18.3 Å². The highest BCUT2D eigenvalue weighted by Crippen LogP contribution is 2.23. The molecule has 0 amide bonds. The van der Waals surface area contributed by atoms with E-state index in [0.717, 1.165) is 0 Å². The normalized spacial score (nSPS) is 12.9. The summed E-state index contributed by atoms with van der Waals surface area (Å²) in [6, 6.07) is 2.36. The molecule has 0 fully saturated rings. The molecule has 0 spiro atoms. The van der Waals surface area contributed by atoms with Crippen LogP contribution >= 0.6 is 0 Å². The largest absolute Gasteiger partial charge is 0.480 e. The Morgan fingerprint density at radius 3 is 3.14 bits per heavy atom. The molecule has 1 unspecified atom stereocenters. The van der Waals surface area contributed by atoms with E-state index in [1.165, 1.54) is 6.26 Å². The molecule has 5 heteroatoms. The molecule has 14 heavy (non-hydrogen) atoms. The summed E-state index contributed by atoms with van der Waals surface area (Å²) in [5.74, 6) is -1.09. The molecule has 2 rings (SSSR count). The average molecular weight is 192 g/mol. The van der Waals surface area contributed by atoms with Crippen LogP contribution in [0.5, 0.6) is 0 Å². The van der Waals surface area contributed by atoms with E-state index < -0.39 is 12.0 Å². The monoisotopic (exact) mass is 192 g/mol. The van der Waals surface area contributed by atoms with Gasteiger partial charge in [-0.25, -0.2) is 4.98 Å². The zero-order valence-electron chi connectivity index (χ0n) is 7.18. The first-order chi connectivity index (χ1) is 6.70. The van der Waals surface area contributed by atoms with Crippen molar-refractivity contribution in [1.29, 1.82) is 0 Å². The Balaban J connectivity index is 2.58. The number of aliphatic carboxylic acids is 1. The molecule has 0 aliphatic heterocycles. The first-order valence-corrected chi connectivity index (χ1v) is 4.00. The Hall–Kier alpha value is -1.88. The van der Waals surface area contributed by atoms with Crippen molar-refractivity contribution in [2.75, 3.05) is 0 Å². The molecule has 2 heterocycles. The van der Waals surface area contributed by atoms with Crippen molar-refractivity contribution in [1.82, 2.24) is 4.98 Å². The highest BCUT2D eigenvalue weighted by atomic mass is 16.4. The molecule has 0 saturated heterocycles. The Labute approximate surface area is 79.2 Å². The maximum Gasteiger partial charge on any atom is 0.325 e. The third-order valence-corrected chi connectivity index (χ3v) is 1.98. The van der Waals surface area contributed by atoms with Crippen LogP contribution < -0.4 is 5.73 Å². The van der Waals surface area contributed by atoms with Crippen molar-refractivity contribution in [2.24, 2.45) is 5.73 Å². The second kappa shape index (κ2) is 3.12. The van der Waals surface area contributed by atoms with E-state index in [1.807, 2.05) is 0 Å². The van der Waals surface area contributed by atoms with Crippen LogP contribution in [-0.2, 0) is 4.79 Å². The van der Waals surface area contributed by atoms with E-state index in [4.69, 9.17) is 15.3 Å². The van der Waals surface area contributed by atoms with Crippen LogP contribution in [0.1, 0.15) is 11.6 Å². The molecule has 2 aromatic rings. The van der Waals surface area contributed by atoms with Crippen molar-refractivity contribution in [3.63, 3.8) is 0 Å². The smallest absolute Gasteiger partial charge is 0.325 e. The van der Waals surface area contributed by atoms with Gasteiger partial charge in [0.1, 0.15) is 6.04 Å². The van der Waals surface area contributed by atoms with Gasteiger partial charge in [0, 0.05) is 17.1 Å². The number of pyridine rings is 1. The van der Waals surface area contributed by atoms with Gasteiger partial charge in [-0.05, 0) is 12.1 Å². The predicted octanol–water partition coefficient (Wildman–Crippen LogP) is 0.912. The van der Waals surface area contributed by atoms with E-state index in [-0.39, 0.29) is 0 Å².